The molecule has 1 aromatic rings. The Morgan fingerprint density at radius 1 is 1.41 bits per heavy atom. The van der Waals surface area contributed by atoms with Crippen LogP contribution in [0.2, 0.25) is 5.15 Å². The van der Waals surface area contributed by atoms with Crippen molar-refractivity contribution in [3.63, 3.8) is 0 Å². The van der Waals surface area contributed by atoms with Crippen LogP contribution in [0.5, 0.6) is 0 Å². The summed E-state index contributed by atoms with van der Waals surface area (Å²) in [5, 5.41) is 11.3. The van der Waals surface area contributed by atoms with Gasteiger partial charge in [-0.2, -0.15) is 4.98 Å². The molecule has 94 valence electrons. The lowest BCUT2D eigenvalue weighted by Gasteiger charge is -2.19. The molecule has 0 aliphatic carbocycles. The number of hydrogen-bond acceptors (Lipinski definition) is 6. The van der Waals surface area contributed by atoms with Gasteiger partial charge in [-0.3, -0.25) is 10.1 Å². The van der Waals surface area contributed by atoms with Crippen molar-refractivity contribution < 1.29 is 4.92 Å². The highest BCUT2D eigenvalue weighted by molar-refractivity contribution is 7.98. The fourth-order valence-electron chi connectivity index (χ4n) is 1.39. The molecular formula is C9H13ClN4O2S. The summed E-state index contributed by atoms with van der Waals surface area (Å²) >= 11 is 7.13. The van der Waals surface area contributed by atoms with Gasteiger partial charge in [0.05, 0.1) is 4.92 Å². The molecule has 0 atom stereocenters. The number of rotatable bonds is 5. The van der Waals surface area contributed by atoms with Crippen molar-refractivity contribution in [3.8, 4) is 0 Å². The summed E-state index contributed by atoms with van der Waals surface area (Å²) in [4.78, 5) is 20.3. The molecule has 0 radical (unpaired) electrons. The zero-order chi connectivity index (χ0) is 13.0. The van der Waals surface area contributed by atoms with Gasteiger partial charge in [0.2, 0.25) is 11.0 Å². The van der Waals surface area contributed by atoms with Crippen LogP contribution < -0.4 is 4.90 Å². The van der Waals surface area contributed by atoms with Crippen molar-refractivity contribution in [1.82, 2.24) is 9.97 Å². The topological polar surface area (TPSA) is 72.2 Å². The molecule has 0 spiro atoms. The first kappa shape index (κ1) is 14.0. The fourth-order valence-corrected chi connectivity index (χ4v) is 2.03. The molecule has 0 fully saturated rings. The molecular weight excluding hydrogens is 264 g/mol. The van der Waals surface area contributed by atoms with Crippen LogP contribution in [-0.4, -0.2) is 34.2 Å². The van der Waals surface area contributed by atoms with E-state index in [2.05, 4.69) is 9.97 Å². The Morgan fingerprint density at radius 2 is 2.00 bits per heavy atom. The highest BCUT2D eigenvalue weighted by atomic mass is 35.5. The Balaban J connectivity index is 3.41. The molecule has 0 N–H and O–H groups in total. The minimum absolute atomic E-state index is 0.115. The van der Waals surface area contributed by atoms with E-state index in [1.165, 1.54) is 11.8 Å². The first-order chi connectivity index (χ1) is 8.04. The van der Waals surface area contributed by atoms with Crippen LogP contribution in [0.3, 0.4) is 0 Å². The number of hydrogen-bond donors (Lipinski definition) is 0. The molecule has 8 heteroatoms. The average molecular weight is 277 g/mol. The van der Waals surface area contributed by atoms with E-state index < -0.39 is 4.92 Å². The van der Waals surface area contributed by atoms with Crippen LogP contribution in [-0.2, 0) is 0 Å². The molecule has 0 aromatic carbocycles. The number of thioether (sulfide) groups is 1. The van der Waals surface area contributed by atoms with Gasteiger partial charge in [0.25, 0.3) is 0 Å². The molecule has 0 aliphatic heterocycles. The lowest BCUT2D eigenvalue weighted by atomic mass is 10.4. The molecule has 6 nitrogen and oxygen atoms in total. The maximum atomic E-state index is 11.0. The Hall–Kier alpha value is -1.08. The summed E-state index contributed by atoms with van der Waals surface area (Å²) in [6.07, 6.45) is 1.80. The molecule has 0 saturated carbocycles. The molecule has 0 aliphatic rings. The fraction of sp³-hybridized carbons (Fsp3) is 0.556. The highest BCUT2D eigenvalue weighted by Crippen LogP contribution is 2.33. The molecule has 17 heavy (non-hydrogen) atoms. The van der Waals surface area contributed by atoms with Gasteiger partial charge in [-0.25, -0.2) is 4.98 Å². The van der Waals surface area contributed by atoms with Crippen molar-refractivity contribution in [3.05, 3.63) is 15.3 Å². The van der Waals surface area contributed by atoms with Crippen molar-refractivity contribution >= 4 is 34.9 Å². The van der Waals surface area contributed by atoms with Crippen LogP contribution in [0.15, 0.2) is 5.16 Å². The first-order valence-electron chi connectivity index (χ1n) is 5.05. The minimum Gasteiger partial charge on any atom is -0.351 e. The van der Waals surface area contributed by atoms with E-state index >= 15 is 0 Å². The van der Waals surface area contributed by atoms with Crippen LogP contribution in [0, 0.1) is 10.1 Å². The zero-order valence-electron chi connectivity index (χ0n) is 9.81. The van der Waals surface area contributed by atoms with Gasteiger partial charge in [0.15, 0.2) is 5.16 Å². The van der Waals surface area contributed by atoms with Crippen molar-refractivity contribution in [2.75, 3.05) is 24.2 Å². The van der Waals surface area contributed by atoms with Gasteiger partial charge in [-0.15, -0.1) is 0 Å². The number of nitro groups is 1. The standard InChI is InChI=1S/C9H13ClN4O2S/c1-4-13(5-2)8-6(14(15)16)7(10)11-9(12-8)17-3/h4-5H2,1-3H3. The van der Waals surface area contributed by atoms with Crippen LogP contribution in [0.25, 0.3) is 0 Å². The summed E-state index contributed by atoms with van der Waals surface area (Å²) in [5.41, 5.74) is -0.229. The molecule has 1 heterocycles. The maximum Gasteiger partial charge on any atom is 0.348 e. The molecule has 0 unspecified atom stereocenters. The predicted octanol–water partition coefficient (Wildman–Crippen LogP) is 2.61. The quantitative estimate of drug-likeness (QED) is 0.271. The zero-order valence-corrected chi connectivity index (χ0v) is 11.4. The summed E-state index contributed by atoms with van der Waals surface area (Å²) < 4.78 is 0. The maximum absolute atomic E-state index is 11.0. The molecule has 0 bridgehead atoms. The van der Waals surface area contributed by atoms with E-state index in [-0.39, 0.29) is 16.7 Å². The number of anilines is 1. The van der Waals surface area contributed by atoms with E-state index in [1.54, 1.807) is 11.2 Å². The van der Waals surface area contributed by atoms with Gasteiger partial charge in [-0.05, 0) is 20.1 Å². The third-order valence-corrected chi connectivity index (χ3v) is 3.04. The van der Waals surface area contributed by atoms with Crippen LogP contribution in [0.4, 0.5) is 11.5 Å². The Morgan fingerprint density at radius 3 is 2.41 bits per heavy atom. The van der Waals surface area contributed by atoms with E-state index in [0.717, 1.165) is 0 Å². The first-order valence-corrected chi connectivity index (χ1v) is 6.66. The van der Waals surface area contributed by atoms with Gasteiger partial charge >= 0.3 is 5.69 Å². The van der Waals surface area contributed by atoms with Gasteiger partial charge in [0.1, 0.15) is 0 Å². The summed E-state index contributed by atoms with van der Waals surface area (Å²) in [7, 11) is 0. The monoisotopic (exact) mass is 276 g/mol. The predicted molar refractivity (Wildman–Crippen MR) is 69.0 cm³/mol. The van der Waals surface area contributed by atoms with Gasteiger partial charge in [-0.1, -0.05) is 23.4 Å². The Labute approximate surface area is 109 Å². The second-order valence-electron chi connectivity index (χ2n) is 3.10. The van der Waals surface area contributed by atoms with Crippen molar-refractivity contribution in [2.45, 2.75) is 19.0 Å². The SMILES string of the molecule is CCN(CC)c1nc(SC)nc(Cl)c1[N+](=O)[O-]. The molecule has 1 rings (SSSR count). The van der Waals surface area contributed by atoms with Crippen LogP contribution >= 0.6 is 23.4 Å². The molecule has 0 amide bonds. The van der Waals surface area contributed by atoms with Gasteiger partial charge < -0.3 is 4.90 Å². The lowest BCUT2D eigenvalue weighted by molar-refractivity contribution is -0.384. The van der Waals surface area contributed by atoms with Gasteiger partial charge in [0, 0.05) is 13.1 Å². The second kappa shape index (κ2) is 6.02. The van der Waals surface area contributed by atoms with E-state index in [4.69, 9.17) is 11.6 Å². The Bertz CT molecular complexity index is 426. The van der Waals surface area contributed by atoms with Crippen molar-refractivity contribution in [2.24, 2.45) is 0 Å². The van der Waals surface area contributed by atoms with E-state index in [0.29, 0.717) is 18.2 Å². The highest BCUT2D eigenvalue weighted by Gasteiger charge is 2.26. The smallest absolute Gasteiger partial charge is 0.348 e. The molecule has 0 saturated heterocycles. The average Bonchev–Trinajstić information content (AvgIpc) is 2.29. The minimum atomic E-state index is -0.542. The third kappa shape index (κ3) is 2.98. The van der Waals surface area contributed by atoms with Crippen molar-refractivity contribution in [1.29, 1.82) is 0 Å². The normalized spacial score (nSPS) is 10.4. The number of halogens is 1. The lowest BCUT2D eigenvalue weighted by Crippen LogP contribution is -2.24. The largest absolute Gasteiger partial charge is 0.351 e. The van der Waals surface area contributed by atoms with E-state index in [9.17, 15) is 10.1 Å². The number of nitrogens with zero attached hydrogens (tertiary/aromatic N) is 4. The number of aromatic nitrogens is 2. The summed E-state index contributed by atoms with van der Waals surface area (Å²) in [5.74, 6) is 0.282. The summed E-state index contributed by atoms with van der Waals surface area (Å²) in [6, 6.07) is 0. The Kier molecular flexibility index (Phi) is 4.95. The third-order valence-electron chi connectivity index (χ3n) is 2.23. The second-order valence-corrected chi connectivity index (χ2v) is 4.23. The summed E-state index contributed by atoms with van der Waals surface area (Å²) in [6.45, 7) is 5.06. The molecule has 1 aromatic heterocycles. The van der Waals surface area contributed by atoms with E-state index in [1.807, 2.05) is 13.8 Å². The van der Waals surface area contributed by atoms with Crippen LogP contribution in [0.1, 0.15) is 13.8 Å².